The fourth-order valence-corrected chi connectivity index (χ4v) is 1.54. The van der Waals surface area contributed by atoms with Crippen LogP contribution in [0, 0.1) is 5.92 Å². The molecule has 4 nitrogen and oxygen atoms in total. The van der Waals surface area contributed by atoms with Gasteiger partial charge in [-0.1, -0.05) is 27.2 Å². The van der Waals surface area contributed by atoms with Gasteiger partial charge in [-0.15, -0.1) is 0 Å². The minimum atomic E-state index is 0.0657. The zero-order chi connectivity index (χ0) is 12.9. The summed E-state index contributed by atoms with van der Waals surface area (Å²) in [6.07, 6.45) is 2.60. The first-order valence-corrected chi connectivity index (χ1v) is 6.60. The van der Waals surface area contributed by atoms with Crippen molar-refractivity contribution in [2.45, 2.75) is 39.7 Å². The zero-order valence-electron chi connectivity index (χ0n) is 11.5. The molecule has 1 atom stereocenters. The molecular weight excluding hydrogens is 220 g/mol. The molecule has 0 heterocycles. The second-order valence-electron chi connectivity index (χ2n) is 4.39. The van der Waals surface area contributed by atoms with Crippen LogP contribution in [0.25, 0.3) is 0 Å². The predicted molar refractivity (Wildman–Crippen MR) is 68.2 cm³/mol. The van der Waals surface area contributed by atoms with Gasteiger partial charge in [0.25, 0.3) is 0 Å². The van der Waals surface area contributed by atoms with Gasteiger partial charge in [0.05, 0.1) is 45.7 Å². The van der Waals surface area contributed by atoms with Gasteiger partial charge in [-0.05, 0) is 12.3 Å². The summed E-state index contributed by atoms with van der Waals surface area (Å²) in [4.78, 5) is 0. The molecule has 0 amide bonds. The van der Waals surface area contributed by atoms with E-state index in [2.05, 4.69) is 20.8 Å². The highest BCUT2D eigenvalue weighted by molar-refractivity contribution is 4.61. The monoisotopic (exact) mass is 248 g/mol. The fraction of sp³-hybridized carbons (Fsp3) is 1.00. The van der Waals surface area contributed by atoms with Gasteiger partial charge in [0.15, 0.2) is 0 Å². The van der Waals surface area contributed by atoms with Gasteiger partial charge < -0.3 is 19.3 Å². The summed E-state index contributed by atoms with van der Waals surface area (Å²) < 4.78 is 16.2. The van der Waals surface area contributed by atoms with Crippen molar-refractivity contribution in [1.29, 1.82) is 0 Å². The van der Waals surface area contributed by atoms with Crippen LogP contribution in [0.5, 0.6) is 0 Å². The van der Waals surface area contributed by atoms with Crippen LogP contribution >= 0.6 is 0 Å². The first kappa shape index (κ1) is 16.8. The number of hydrogen-bond donors (Lipinski definition) is 1. The molecule has 0 rings (SSSR count). The quantitative estimate of drug-likeness (QED) is 0.535. The van der Waals surface area contributed by atoms with E-state index in [9.17, 15) is 0 Å². The van der Waals surface area contributed by atoms with Crippen molar-refractivity contribution in [1.82, 2.24) is 0 Å². The SMILES string of the molecule is CCCC(OCCOCCOCCO)C(C)C. The fourth-order valence-electron chi connectivity index (χ4n) is 1.54. The highest BCUT2D eigenvalue weighted by Crippen LogP contribution is 2.12. The van der Waals surface area contributed by atoms with E-state index in [1.165, 1.54) is 0 Å². The standard InChI is InChI=1S/C13H28O4/c1-4-5-13(12(2)3)17-11-10-16-9-8-15-7-6-14/h12-14H,4-11H2,1-3H3. The molecule has 0 aliphatic rings. The average molecular weight is 248 g/mol. The summed E-state index contributed by atoms with van der Waals surface area (Å²) in [5.41, 5.74) is 0. The Morgan fingerprint density at radius 2 is 1.53 bits per heavy atom. The molecule has 0 radical (unpaired) electrons. The van der Waals surface area contributed by atoms with Crippen LogP contribution in [0.15, 0.2) is 0 Å². The highest BCUT2D eigenvalue weighted by atomic mass is 16.5. The molecule has 1 N–H and O–H groups in total. The first-order valence-electron chi connectivity index (χ1n) is 6.60. The third-order valence-corrected chi connectivity index (χ3v) is 2.48. The normalized spacial score (nSPS) is 13.2. The van der Waals surface area contributed by atoms with Crippen LogP contribution in [-0.2, 0) is 14.2 Å². The molecule has 0 aromatic heterocycles. The van der Waals surface area contributed by atoms with E-state index in [0.29, 0.717) is 45.1 Å². The number of hydrogen-bond acceptors (Lipinski definition) is 4. The van der Waals surface area contributed by atoms with Crippen molar-refractivity contribution < 1.29 is 19.3 Å². The molecule has 104 valence electrons. The Kier molecular flexibility index (Phi) is 12.2. The number of aliphatic hydroxyl groups excluding tert-OH is 1. The molecule has 0 aliphatic heterocycles. The molecule has 0 aromatic rings. The second-order valence-corrected chi connectivity index (χ2v) is 4.39. The van der Waals surface area contributed by atoms with Crippen molar-refractivity contribution in [3.63, 3.8) is 0 Å². The summed E-state index contributed by atoms with van der Waals surface area (Å²) in [7, 11) is 0. The second kappa shape index (κ2) is 12.3. The molecule has 0 bridgehead atoms. The minimum Gasteiger partial charge on any atom is -0.394 e. The van der Waals surface area contributed by atoms with Gasteiger partial charge in [-0.25, -0.2) is 0 Å². The van der Waals surface area contributed by atoms with Crippen molar-refractivity contribution in [3.8, 4) is 0 Å². The van der Waals surface area contributed by atoms with Crippen LogP contribution in [0.4, 0.5) is 0 Å². The first-order chi connectivity index (χ1) is 8.22. The van der Waals surface area contributed by atoms with Gasteiger partial charge in [0.2, 0.25) is 0 Å². The van der Waals surface area contributed by atoms with Crippen LogP contribution in [0.1, 0.15) is 33.6 Å². The summed E-state index contributed by atoms with van der Waals surface area (Å²) >= 11 is 0. The molecular formula is C13H28O4. The third-order valence-electron chi connectivity index (χ3n) is 2.48. The molecule has 17 heavy (non-hydrogen) atoms. The zero-order valence-corrected chi connectivity index (χ0v) is 11.5. The maximum atomic E-state index is 8.48. The molecule has 1 unspecified atom stereocenters. The van der Waals surface area contributed by atoms with Gasteiger partial charge in [0.1, 0.15) is 0 Å². The Morgan fingerprint density at radius 1 is 0.941 bits per heavy atom. The molecule has 0 saturated heterocycles. The van der Waals surface area contributed by atoms with Crippen molar-refractivity contribution in [2.75, 3.05) is 39.6 Å². The molecule has 0 fully saturated rings. The topological polar surface area (TPSA) is 47.9 Å². The van der Waals surface area contributed by atoms with E-state index in [0.717, 1.165) is 12.8 Å². The lowest BCUT2D eigenvalue weighted by atomic mass is 10.0. The largest absolute Gasteiger partial charge is 0.394 e. The van der Waals surface area contributed by atoms with Crippen molar-refractivity contribution in [3.05, 3.63) is 0 Å². The maximum absolute atomic E-state index is 8.48. The molecule has 0 aromatic carbocycles. The number of ether oxygens (including phenoxy) is 3. The number of rotatable bonds is 12. The molecule has 0 spiro atoms. The lowest BCUT2D eigenvalue weighted by molar-refractivity contribution is -0.0304. The van der Waals surface area contributed by atoms with E-state index >= 15 is 0 Å². The summed E-state index contributed by atoms with van der Waals surface area (Å²) in [6.45, 7) is 9.33. The Hall–Kier alpha value is -0.160. The van der Waals surface area contributed by atoms with Crippen LogP contribution in [0.3, 0.4) is 0 Å². The number of aliphatic hydroxyl groups is 1. The maximum Gasteiger partial charge on any atom is 0.0704 e. The molecule has 0 saturated carbocycles. The van der Waals surface area contributed by atoms with E-state index in [-0.39, 0.29) is 6.61 Å². The van der Waals surface area contributed by atoms with E-state index in [1.807, 2.05) is 0 Å². The van der Waals surface area contributed by atoms with E-state index in [4.69, 9.17) is 19.3 Å². The molecule has 4 heteroatoms. The smallest absolute Gasteiger partial charge is 0.0704 e. The lowest BCUT2D eigenvalue weighted by Crippen LogP contribution is -2.22. The van der Waals surface area contributed by atoms with Gasteiger partial charge in [-0.3, -0.25) is 0 Å². The lowest BCUT2D eigenvalue weighted by Gasteiger charge is -2.20. The Morgan fingerprint density at radius 3 is 2.06 bits per heavy atom. The van der Waals surface area contributed by atoms with Crippen molar-refractivity contribution in [2.24, 2.45) is 5.92 Å². The Balaban J connectivity index is 3.30. The summed E-state index contributed by atoms with van der Waals surface area (Å²) in [5.74, 6) is 0.558. The predicted octanol–water partition coefficient (Wildman–Crippen LogP) is 1.85. The third kappa shape index (κ3) is 10.7. The Labute approximate surface area is 105 Å². The van der Waals surface area contributed by atoms with Crippen molar-refractivity contribution >= 4 is 0 Å². The van der Waals surface area contributed by atoms with E-state index < -0.39 is 0 Å². The van der Waals surface area contributed by atoms with Gasteiger partial charge >= 0.3 is 0 Å². The molecule has 0 aliphatic carbocycles. The van der Waals surface area contributed by atoms with Crippen LogP contribution in [-0.4, -0.2) is 50.9 Å². The average Bonchev–Trinajstić information content (AvgIpc) is 2.31. The summed E-state index contributed by atoms with van der Waals surface area (Å²) in [5, 5.41) is 8.48. The van der Waals surface area contributed by atoms with E-state index in [1.54, 1.807) is 0 Å². The summed E-state index contributed by atoms with van der Waals surface area (Å²) in [6, 6.07) is 0. The van der Waals surface area contributed by atoms with Crippen LogP contribution in [0.2, 0.25) is 0 Å². The highest BCUT2D eigenvalue weighted by Gasteiger charge is 2.11. The minimum absolute atomic E-state index is 0.0657. The Bertz CT molecular complexity index is 150. The van der Waals surface area contributed by atoms with Crippen LogP contribution < -0.4 is 0 Å². The van der Waals surface area contributed by atoms with Gasteiger partial charge in [-0.2, -0.15) is 0 Å². The van der Waals surface area contributed by atoms with Gasteiger partial charge in [0, 0.05) is 0 Å².